The molecule has 0 radical (unpaired) electrons. The molecule has 5 rings (SSSR count). The number of benzene rings is 1. The molecule has 0 spiro atoms. The van der Waals surface area contributed by atoms with Crippen molar-refractivity contribution in [2.45, 2.75) is 50.9 Å². The largest absolute Gasteiger partial charge is 0.417 e. The van der Waals surface area contributed by atoms with E-state index in [0.717, 1.165) is 6.42 Å². The number of nitrogens with zero attached hydrogens (tertiary/aromatic N) is 4. The number of carbonyl (C=O) groups excluding carboxylic acids is 1. The minimum atomic E-state index is -4.68. The van der Waals surface area contributed by atoms with E-state index in [-0.39, 0.29) is 53.0 Å². The lowest BCUT2D eigenvalue weighted by Gasteiger charge is -2.26. The number of hydrogen-bond acceptors (Lipinski definition) is 4. The number of amides is 1. The molecule has 2 saturated heterocycles. The normalized spacial score (nSPS) is 21.5. The van der Waals surface area contributed by atoms with Gasteiger partial charge >= 0.3 is 6.18 Å². The van der Waals surface area contributed by atoms with Crippen molar-refractivity contribution in [2.24, 2.45) is 5.92 Å². The Labute approximate surface area is 198 Å². The van der Waals surface area contributed by atoms with Crippen molar-refractivity contribution in [1.82, 2.24) is 19.9 Å². The maximum atomic E-state index is 14.9. The third-order valence-corrected chi connectivity index (χ3v) is 6.97. The second-order valence-electron chi connectivity index (χ2n) is 9.05. The molecule has 35 heavy (non-hydrogen) atoms. The van der Waals surface area contributed by atoms with Gasteiger partial charge in [-0.25, -0.2) is 18.7 Å². The van der Waals surface area contributed by atoms with E-state index in [1.807, 2.05) is 0 Å². The van der Waals surface area contributed by atoms with Crippen LogP contribution in [0.5, 0.6) is 0 Å². The number of aryl methyl sites for hydroxylation is 1. The average molecular weight is 488 g/mol. The summed E-state index contributed by atoms with van der Waals surface area (Å²) in [4.78, 5) is 27.5. The first-order valence-corrected chi connectivity index (χ1v) is 11.3. The fraction of sp³-hybridized carbons (Fsp3) is 0.360. The molecule has 1 aromatic carbocycles. The molecule has 10 heteroatoms. The predicted molar refractivity (Wildman–Crippen MR) is 116 cm³/mol. The molecular weight excluding hydrogens is 467 g/mol. The zero-order valence-corrected chi connectivity index (χ0v) is 18.7. The molecule has 5 nitrogen and oxygen atoms in total. The summed E-state index contributed by atoms with van der Waals surface area (Å²) in [6.07, 6.45) is 1.02. The minimum Gasteiger partial charge on any atom is -0.332 e. The Morgan fingerprint density at radius 2 is 1.83 bits per heavy atom. The van der Waals surface area contributed by atoms with Crippen LogP contribution in [0.2, 0.25) is 0 Å². The summed E-state index contributed by atoms with van der Waals surface area (Å²) in [5.41, 5.74) is -0.386. The van der Waals surface area contributed by atoms with Crippen molar-refractivity contribution in [1.29, 1.82) is 0 Å². The summed E-state index contributed by atoms with van der Waals surface area (Å²) < 4.78 is 67.9. The number of halogens is 5. The van der Waals surface area contributed by atoms with E-state index in [1.54, 1.807) is 17.9 Å². The number of fused-ring (bicyclic) bond motifs is 2. The molecule has 1 amide bonds. The van der Waals surface area contributed by atoms with Gasteiger partial charge in [0, 0.05) is 30.7 Å². The summed E-state index contributed by atoms with van der Waals surface area (Å²) in [7, 11) is 0. The van der Waals surface area contributed by atoms with Crippen molar-refractivity contribution in [3.8, 4) is 11.4 Å². The zero-order valence-electron chi connectivity index (χ0n) is 18.7. The fourth-order valence-corrected chi connectivity index (χ4v) is 5.40. The lowest BCUT2D eigenvalue weighted by Crippen LogP contribution is -2.37. The van der Waals surface area contributed by atoms with E-state index in [1.165, 1.54) is 24.5 Å². The lowest BCUT2D eigenvalue weighted by atomic mass is 9.85. The van der Waals surface area contributed by atoms with Gasteiger partial charge in [0.1, 0.15) is 11.6 Å². The van der Waals surface area contributed by atoms with Gasteiger partial charge in [-0.3, -0.25) is 9.78 Å². The number of pyridine rings is 1. The quantitative estimate of drug-likeness (QED) is 0.463. The van der Waals surface area contributed by atoms with Gasteiger partial charge in [-0.2, -0.15) is 13.2 Å². The van der Waals surface area contributed by atoms with Gasteiger partial charge in [-0.1, -0.05) is 6.07 Å². The summed E-state index contributed by atoms with van der Waals surface area (Å²) in [5.74, 6) is -2.02. The van der Waals surface area contributed by atoms with Crippen molar-refractivity contribution in [3.05, 3.63) is 76.9 Å². The first-order valence-electron chi connectivity index (χ1n) is 11.3. The monoisotopic (exact) mass is 488 g/mol. The van der Waals surface area contributed by atoms with Crippen molar-refractivity contribution < 1.29 is 26.7 Å². The van der Waals surface area contributed by atoms with E-state index in [2.05, 4.69) is 15.0 Å². The molecule has 0 aliphatic carbocycles. The van der Waals surface area contributed by atoms with Crippen LogP contribution in [0.25, 0.3) is 11.4 Å². The molecule has 3 atom stereocenters. The highest BCUT2D eigenvalue weighted by Gasteiger charge is 2.49. The fourth-order valence-electron chi connectivity index (χ4n) is 5.40. The summed E-state index contributed by atoms with van der Waals surface area (Å²) >= 11 is 0. The number of carbonyl (C=O) groups is 1. The molecular formula is C25H21F5N4O. The molecule has 182 valence electrons. The van der Waals surface area contributed by atoms with E-state index >= 15 is 0 Å². The van der Waals surface area contributed by atoms with Crippen LogP contribution in [0, 0.1) is 24.5 Å². The second-order valence-corrected chi connectivity index (χ2v) is 9.05. The van der Waals surface area contributed by atoms with Gasteiger partial charge < -0.3 is 4.90 Å². The molecule has 2 aromatic heterocycles. The van der Waals surface area contributed by atoms with Crippen LogP contribution in [-0.2, 0) is 12.6 Å². The Balaban J connectivity index is 1.44. The molecule has 3 unspecified atom stereocenters. The van der Waals surface area contributed by atoms with Crippen LogP contribution in [0.4, 0.5) is 22.0 Å². The highest BCUT2D eigenvalue weighted by Crippen LogP contribution is 2.45. The van der Waals surface area contributed by atoms with Gasteiger partial charge in [0.15, 0.2) is 5.82 Å². The highest BCUT2D eigenvalue weighted by molar-refractivity contribution is 6.02. The maximum Gasteiger partial charge on any atom is 0.417 e. The molecule has 0 saturated carbocycles. The number of rotatable bonds is 4. The molecule has 2 fully saturated rings. The topological polar surface area (TPSA) is 59.0 Å². The maximum absolute atomic E-state index is 14.9. The van der Waals surface area contributed by atoms with Crippen LogP contribution < -0.4 is 0 Å². The molecule has 4 heterocycles. The predicted octanol–water partition coefficient (Wildman–Crippen LogP) is 5.38. The summed E-state index contributed by atoms with van der Waals surface area (Å²) in [5, 5.41) is 0. The highest BCUT2D eigenvalue weighted by atomic mass is 19.4. The van der Waals surface area contributed by atoms with Gasteiger partial charge in [0.05, 0.1) is 22.4 Å². The van der Waals surface area contributed by atoms with E-state index < -0.39 is 23.4 Å². The Kier molecular flexibility index (Phi) is 5.77. The van der Waals surface area contributed by atoms with Gasteiger partial charge in [0.25, 0.3) is 5.91 Å². The molecule has 2 aliphatic heterocycles. The van der Waals surface area contributed by atoms with Gasteiger partial charge in [0.2, 0.25) is 0 Å². The molecule has 2 bridgehead atoms. The number of hydrogen-bond donors (Lipinski definition) is 0. The van der Waals surface area contributed by atoms with Crippen molar-refractivity contribution in [2.75, 3.05) is 0 Å². The SMILES string of the molecule is Cc1ccc(F)c(-c2ncccn2)c1C(=O)N1C2CCC1C(Cc1ncc(C(F)(F)F)cc1F)C2. The Morgan fingerprint density at radius 1 is 1.09 bits per heavy atom. The minimum absolute atomic E-state index is 0.0360. The molecule has 0 N–H and O–H groups in total. The van der Waals surface area contributed by atoms with Crippen molar-refractivity contribution >= 4 is 5.91 Å². The smallest absolute Gasteiger partial charge is 0.332 e. The number of alkyl halides is 3. The average Bonchev–Trinajstić information content (AvgIpc) is 3.39. The van der Waals surface area contributed by atoms with E-state index in [0.29, 0.717) is 30.7 Å². The third-order valence-electron chi connectivity index (χ3n) is 6.97. The van der Waals surface area contributed by atoms with Gasteiger partial charge in [-0.15, -0.1) is 0 Å². The Bertz CT molecular complexity index is 1280. The van der Waals surface area contributed by atoms with Gasteiger partial charge in [-0.05, 0) is 62.3 Å². The van der Waals surface area contributed by atoms with E-state index in [9.17, 15) is 26.7 Å². The Morgan fingerprint density at radius 3 is 2.51 bits per heavy atom. The molecule has 3 aromatic rings. The van der Waals surface area contributed by atoms with Crippen LogP contribution in [0.1, 0.15) is 46.4 Å². The van der Waals surface area contributed by atoms with E-state index in [4.69, 9.17) is 0 Å². The van der Waals surface area contributed by atoms with Crippen LogP contribution in [0.3, 0.4) is 0 Å². The lowest BCUT2D eigenvalue weighted by molar-refractivity contribution is -0.138. The van der Waals surface area contributed by atoms with Crippen LogP contribution >= 0.6 is 0 Å². The zero-order chi connectivity index (χ0) is 24.9. The Hall–Kier alpha value is -3.43. The summed E-state index contributed by atoms with van der Waals surface area (Å²) in [6, 6.07) is 4.49. The molecule has 2 aliphatic rings. The first-order chi connectivity index (χ1) is 16.6. The standard InChI is InChI=1S/C25H21F5N4O/c1-13-3-5-17(26)22(23-31-7-2-8-32-23)21(13)24(35)34-16-4-6-20(34)14(9-16)10-19-18(27)11-15(12-33-19)25(28,29)30/h2-3,5,7-8,11-12,14,16,20H,4,6,9-10H2,1H3. The first kappa shape index (κ1) is 23.3. The summed E-state index contributed by atoms with van der Waals surface area (Å²) in [6.45, 7) is 1.72. The number of aromatic nitrogens is 3. The van der Waals surface area contributed by atoms with Crippen LogP contribution in [-0.4, -0.2) is 37.8 Å². The van der Waals surface area contributed by atoms with Crippen molar-refractivity contribution in [3.63, 3.8) is 0 Å². The third kappa shape index (κ3) is 4.15. The second kappa shape index (κ2) is 8.66. The van der Waals surface area contributed by atoms with Crippen LogP contribution in [0.15, 0.2) is 42.9 Å².